The molecule has 2 N–H and O–H groups in total. The molecule has 124 valence electrons. The standard InChI is InChI=1S/C15H19FN4O2S/c1-9(2)20-14(18-19-15(20)23-8-13(17)21)10(3)22-12-7-5-4-6-11(12)16/h4-7,9-10H,8H2,1-3H3,(H2,17,21). The SMILES string of the molecule is CC(Oc1ccccc1F)c1nnc(SCC(N)=O)n1C(C)C. The Kier molecular flexibility index (Phi) is 5.59. The van der Waals surface area contributed by atoms with Crippen molar-refractivity contribution in [1.29, 1.82) is 0 Å². The van der Waals surface area contributed by atoms with Gasteiger partial charge in [0.1, 0.15) is 0 Å². The first-order valence-electron chi connectivity index (χ1n) is 7.17. The second-order valence-corrected chi connectivity index (χ2v) is 6.19. The molecule has 23 heavy (non-hydrogen) atoms. The van der Waals surface area contributed by atoms with Crippen LogP contribution in [0.3, 0.4) is 0 Å². The van der Waals surface area contributed by atoms with Gasteiger partial charge in [0.25, 0.3) is 0 Å². The van der Waals surface area contributed by atoms with Crippen molar-refractivity contribution in [3.8, 4) is 5.75 Å². The molecule has 2 aromatic rings. The molecule has 1 amide bonds. The minimum atomic E-state index is -0.496. The molecule has 0 aliphatic heterocycles. The van der Waals surface area contributed by atoms with E-state index in [1.54, 1.807) is 25.1 Å². The topological polar surface area (TPSA) is 83.0 Å². The first-order valence-corrected chi connectivity index (χ1v) is 8.15. The highest BCUT2D eigenvalue weighted by Gasteiger charge is 2.22. The molecular formula is C15H19FN4O2S. The molecule has 8 heteroatoms. The molecule has 2 rings (SSSR count). The Morgan fingerprint density at radius 3 is 2.65 bits per heavy atom. The van der Waals surface area contributed by atoms with E-state index in [4.69, 9.17) is 10.5 Å². The van der Waals surface area contributed by atoms with Crippen molar-refractivity contribution in [3.05, 3.63) is 35.9 Å². The summed E-state index contributed by atoms with van der Waals surface area (Å²) in [5.41, 5.74) is 5.17. The van der Waals surface area contributed by atoms with Gasteiger partial charge in [-0.1, -0.05) is 23.9 Å². The Morgan fingerprint density at radius 1 is 1.35 bits per heavy atom. The van der Waals surface area contributed by atoms with Crippen LogP contribution in [0.2, 0.25) is 0 Å². The molecule has 0 radical (unpaired) electrons. The van der Waals surface area contributed by atoms with Crippen LogP contribution in [0.25, 0.3) is 0 Å². The van der Waals surface area contributed by atoms with Crippen molar-refractivity contribution in [1.82, 2.24) is 14.8 Å². The van der Waals surface area contributed by atoms with E-state index in [1.807, 2.05) is 18.4 Å². The van der Waals surface area contributed by atoms with Crippen LogP contribution < -0.4 is 10.5 Å². The molecule has 1 aromatic heterocycles. The van der Waals surface area contributed by atoms with Gasteiger partial charge in [-0.25, -0.2) is 4.39 Å². The molecule has 1 atom stereocenters. The number of nitrogens with zero attached hydrogens (tertiary/aromatic N) is 3. The maximum Gasteiger partial charge on any atom is 0.227 e. The molecule has 1 heterocycles. The number of para-hydroxylation sites is 1. The van der Waals surface area contributed by atoms with Gasteiger partial charge in [-0.15, -0.1) is 10.2 Å². The highest BCUT2D eigenvalue weighted by molar-refractivity contribution is 7.99. The third-order valence-corrected chi connectivity index (χ3v) is 4.02. The zero-order chi connectivity index (χ0) is 17.0. The van der Waals surface area contributed by atoms with E-state index in [0.29, 0.717) is 11.0 Å². The van der Waals surface area contributed by atoms with E-state index in [9.17, 15) is 9.18 Å². The predicted octanol–water partition coefficient (Wildman–Crippen LogP) is 2.72. The van der Waals surface area contributed by atoms with E-state index in [1.165, 1.54) is 17.8 Å². The summed E-state index contributed by atoms with van der Waals surface area (Å²) in [4.78, 5) is 11.0. The van der Waals surface area contributed by atoms with Crippen molar-refractivity contribution < 1.29 is 13.9 Å². The second kappa shape index (κ2) is 7.45. The minimum absolute atomic E-state index is 0.0575. The maximum absolute atomic E-state index is 13.7. The fourth-order valence-electron chi connectivity index (χ4n) is 2.07. The van der Waals surface area contributed by atoms with Gasteiger partial charge >= 0.3 is 0 Å². The van der Waals surface area contributed by atoms with Gasteiger partial charge in [-0.05, 0) is 32.9 Å². The molecule has 1 aromatic carbocycles. The lowest BCUT2D eigenvalue weighted by Crippen LogP contribution is -2.16. The van der Waals surface area contributed by atoms with Gasteiger partial charge in [-0.2, -0.15) is 0 Å². The number of nitrogens with two attached hydrogens (primary N) is 1. The lowest BCUT2D eigenvalue weighted by Gasteiger charge is -2.19. The monoisotopic (exact) mass is 338 g/mol. The lowest BCUT2D eigenvalue weighted by atomic mass is 10.3. The number of benzene rings is 1. The molecule has 0 aliphatic carbocycles. The average Bonchev–Trinajstić information content (AvgIpc) is 2.91. The molecule has 6 nitrogen and oxygen atoms in total. The zero-order valence-corrected chi connectivity index (χ0v) is 14.0. The van der Waals surface area contributed by atoms with Crippen molar-refractivity contribution >= 4 is 17.7 Å². The van der Waals surface area contributed by atoms with E-state index in [2.05, 4.69) is 10.2 Å². The summed E-state index contributed by atoms with van der Waals surface area (Å²) in [5.74, 6) is -0.0170. The second-order valence-electron chi connectivity index (χ2n) is 5.25. The Hall–Kier alpha value is -2.09. The summed E-state index contributed by atoms with van der Waals surface area (Å²) in [5, 5.41) is 8.80. The van der Waals surface area contributed by atoms with Crippen LogP contribution in [0.4, 0.5) is 4.39 Å². The van der Waals surface area contributed by atoms with Crippen molar-refractivity contribution in [2.45, 2.75) is 38.1 Å². The number of carbonyl (C=O) groups is 1. The van der Waals surface area contributed by atoms with Crippen LogP contribution in [-0.4, -0.2) is 26.4 Å². The first-order chi connectivity index (χ1) is 10.9. The normalized spacial score (nSPS) is 12.4. The number of amides is 1. The van der Waals surface area contributed by atoms with Gasteiger partial charge in [0.05, 0.1) is 5.75 Å². The van der Waals surface area contributed by atoms with Crippen LogP contribution in [0.5, 0.6) is 5.75 Å². The number of ether oxygens (including phenoxy) is 1. The average molecular weight is 338 g/mol. The van der Waals surface area contributed by atoms with Crippen molar-refractivity contribution in [2.24, 2.45) is 5.73 Å². The van der Waals surface area contributed by atoms with Crippen LogP contribution in [0, 0.1) is 5.82 Å². The molecule has 0 fully saturated rings. The summed E-state index contributed by atoms with van der Waals surface area (Å²) < 4.78 is 21.2. The number of rotatable bonds is 7. The van der Waals surface area contributed by atoms with Gasteiger partial charge < -0.3 is 15.0 Å². The third-order valence-electron chi connectivity index (χ3n) is 3.05. The largest absolute Gasteiger partial charge is 0.480 e. The highest BCUT2D eigenvalue weighted by Crippen LogP contribution is 2.28. The number of aromatic nitrogens is 3. The summed E-state index contributed by atoms with van der Waals surface area (Å²) in [7, 11) is 0. The van der Waals surface area contributed by atoms with Crippen LogP contribution in [0.1, 0.15) is 38.7 Å². The maximum atomic E-state index is 13.7. The molecule has 0 aliphatic rings. The summed E-state index contributed by atoms with van der Waals surface area (Å²) in [6.07, 6.45) is -0.496. The van der Waals surface area contributed by atoms with Crippen LogP contribution >= 0.6 is 11.8 Å². The third kappa shape index (κ3) is 4.22. The fourth-order valence-corrected chi connectivity index (χ4v) is 2.88. The number of hydrogen-bond donors (Lipinski definition) is 1. The summed E-state index contributed by atoms with van der Waals surface area (Å²) >= 11 is 1.22. The zero-order valence-electron chi connectivity index (χ0n) is 13.2. The smallest absolute Gasteiger partial charge is 0.227 e. The first kappa shape index (κ1) is 17.3. The summed E-state index contributed by atoms with van der Waals surface area (Å²) in [6, 6.07) is 6.25. The van der Waals surface area contributed by atoms with E-state index >= 15 is 0 Å². The van der Waals surface area contributed by atoms with E-state index < -0.39 is 17.8 Å². The van der Waals surface area contributed by atoms with Gasteiger partial charge in [0.2, 0.25) is 5.91 Å². The Balaban J connectivity index is 2.24. The van der Waals surface area contributed by atoms with E-state index in [0.717, 1.165) is 0 Å². The Bertz CT molecular complexity index is 690. The number of thioether (sulfide) groups is 1. The quantitative estimate of drug-likeness (QED) is 0.785. The number of halogens is 1. The number of carbonyl (C=O) groups excluding carboxylic acids is 1. The van der Waals surface area contributed by atoms with Gasteiger partial charge in [0.15, 0.2) is 28.7 Å². The van der Waals surface area contributed by atoms with Crippen LogP contribution in [-0.2, 0) is 4.79 Å². The van der Waals surface area contributed by atoms with Gasteiger partial charge in [-0.3, -0.25) is 4.79 Å². The van der Waals surface area contributed by atoms with Crippen LogP contribution in [0.15, 0.2) is 29.4 Å². The van der Waals surface area contributed by atoms with Crippen molar-refractivity contribution in [2.75, 3.05) is 5.75 Å². The summed E-state index contributed by atoms with van der Waals surface area (Å²) in [6.45, 7) is 5.71. The number of hydrogen-bond acceptors (Lipinski definition) is 5. The Morgan fingerprint density at radius 2 is 2.04 bits per heavy atom. The van der Waals surface area contributed by atoms with Crippen molar-refractivity contribution in [3.63, 3.8) is 0 Å². The highest BCUT2D eigenvalue weighted by atomic mass is 32.2. The van der Waals surface area contributed by atoms with Gasteiger partial charge in [0, 0.05) is 6.04 Å². The minimum Gasteiger partial charge on any atom is -0.480 e. The molecule has 0 spiro atoms. The molecule has 1 unspecified atom stereocenters. The molecule has 0 bridgehead atoms. The molecular weight excluding hydrogens is 319 g/mol. The number of primary amides is 1. The Labute approximate surface area is 138 Å². The lowest BCUT2D eigenvalue weighted by molar-refractivity contribution is -0.115. The fraction of sp³-hybridized carbons (Fsp3) is 0.400. The predicted molar refractivity (Wildman–Crippen MR) is 85.8 cm³/mol. The molecule has 0 saturated heterocycles. The van der Waals surface area contributed by atoms with E-state index in [-0.39, 0.29) is 17.5 Å². The molecule has 0 saturated carbocycles.